The van der Waals surface area contributed by atoms with Gasteiger partial charge in [0.1, 0.15) is 0 Å². The standard InChI is InChI=1S/C18H34N4OS.HI/c1-14(2)12-23-11-7-9-20-17(19-6)21-10-8-16-22-15(13-24-16)18(3,4)5;/h13-14H,7-12H2,1-6H3,(H2,19,20,21);1H. The van der Waals surface area contributed by atoms with Crippen LogP contribution in [0.15, 0.2) is 10.4 Å². The Balaban J connectivity index is 0.00000576. The lowest BCUT2D eigenvalue weighted by Gasteiger charge is -2.14. The van der Waals surface area contributed by atoms with E-state index in [1.807, 2.05) is 0 Å². The molecule has 0 fully saturated rings. The Morgan fingerprint density at radius 1 is 1.28 bits per heavy atom. The van der Waals surface area contributed by atoms with Gasteiger partial charge >= 0.3 is 0 Å². The van der Waals surface area contributed by atoms with E-state index >= 15 is 0 Å². The minimum absolute atomic E-state index is 0. The zero-order valence-electron chi connectivity index (χ0n) is 16.5. The summed E-state index contributed by atoms with van der Waals surface area (Å²) in [4.78, 5) is 8.96. The van der Waals surface area contributed by atoms with Crippen molar-refractivity contribution in [3.8, 4) is 0 Å². The smallest absolute Gasteiger partial charge is 0.190 e. The Morgan fingerprint density at radius 2 is 1.96 bits per heavy atom. The summed E-state index contributed by atoms with van der Waals surface area (Å²) in [6.07, 6.45) is 1.90. The highest BCUT2D eigenvalue weighted by atomic mass is 127. The van der Waals surface area contributed by atoms with Gasteiger partial charge < -0.3 is 15.4 Å². The fourth-order valence-electron chi connectivity index (χ4n) is 1.98. The van der Waals surface area contributed by atoms with Gasteiger partial charge in [-0.3, -0.25) is 4.99 Å². The van der Waals surface area contributed by atoms with Crippen LogP contribution in [0.4, 0.5) is 0 Å². The van der Waals surface area contributed by atoms with Crippen molar-refractivity contribution in [2.45, 2.75) is 52.9 Å². The number of rotatable bonds is 9. The fourth-order valence-corrected chi connectivity index (χ4v) is 3.00. The van der Waals surface area contributed by atoms with Gasteiger partial charge in [-0.2, -0.15) is 0 Å². The maximum atomic E-state index is 5.57. The Labute approximate surface area is 174 Å². The minimum Gasteiger partial charge on any atom is -0.381 e. The molecule has 0 unspecified atom stereocenters. The maximum absolute atomic E-state index is 5.57. The second kappa shape index (κ2) is 12.9. The number of nitrogens with zero attached hydrogens (tertiary/aromatic N) is 2. The Morgan fingerprint density at radius 3 is 2.52 bits per heavy atom. The molecule has 0 aliphatic carbocycles. The number of ether oxygens (including phenoxy) is 1. The molecule has 0 aliphatic heterocycles. The average molecular weight is 482 g/mol. The lowest BCUT2D eigenvalue weighted by Crippen LogP contribution is -2.39. The Kier molecular flexibility index (Phi) is 12.7. The molecule has 0 amide bonds. The van der Waals surface area contributed by atoms with Gasteiger partial charge in [0, 0.05) is 50.6 Å². The Bertz CT molecular complexity index is 498. The number of nitrogens with one attached hydrogen (secondary N) is 2. The van der Waals surface area contributed by atoms with Crippen molar-refractivity contribution >= 4 is 41.3 Å². The van der Waals surface area contributed by atoms with Gasteiger partial charge in [-0.15, -0.1) is 35.3 Å². The van der Waals surface area contributed by atoms with E-state index in [0.717, 1.165) is 45.1 Å². The number of hydrogen-bond donors (Lipinski definition) is 2. The van der Waals surface area contributed by atoms with Crippen molar-refractivity contribution in [3.63, 3.8) is 0 Å². The van der Waals surface area contributed by atoms with Crippen LogP contribution in [0.1, 0.15) is 51.7 Å². The van der Waals surface area contributed by atoms with E-state index < -0.39 is 0 Å². The third-order valence-electron chi connectivity index (χ3n) is 3.38. The highest BCUT2D eigenvalue weighted by Gasteiger charge is 2.17. The molecule has 0 aliphatic rings. The molecule has 2 N–H and O–H groups in total. The van der Waals surface area contributed by atoms with Crippen LogP contribution in [0.2, 0.25) is 0 Å². The van der Waals surface area contributed by atoms with Gasteiger partial charge in [-0.1, -0.05) is 34.6 Å². The third-order valence-corrected chi connectivity index (χ3v) is 4.29. The van der Waals surface area contributed by atoms with Crippen molar-refractivity contribution < 1.29 is 4.74 Å². The number of guanidine groups is 1. The molecule has 0 aromatic carbocycles. The van der Waals surface area contributed by atoms with Crippen molar-refractivity contribution in [2.24, 2.45) is 10.9 Å². The minimum atomic E-state index is 0. The van der Waals surface area contributed by atoms with Crippen LogP contribution in [0, 0.1) is 5.92 Å². The molecule has 1 aromatic rings. The van der Waals surface area contributed by atoms with Gasteiger partial charge in [0.2, 0.25) is 0 Å². The number of hydrogen-bond acceptors (Lipinski definition) is 4. The molecule has 0 radical (unpaired) electrons. The summed E-state index contributed by atoms with van der Waals surface area (Å²) in [5.74, 6) is 1.43. The molecule has 1 heterocycles. The first kappa shape index (κ1) is 24.6. The molecule has 25 heavy (non-hydrogen) atoms. The van der Waals surface area contributed by atoms with E-state index in [2.05, 4.69) is 55.6 Å². The molecule has 0 bridgehead atoms. The van der Waals surface area contributed by atoms with Gasteiger partial charge in [0.15, 0.2) is 5.96 Å². The first-order valence-electron chi connectivity index (χ1n) is 8.80. The highest BCUT2D eigenvalue weighted by Crippen LogP contribution is 2.23. The molecule has 1 aromatic heterocycles. The topological polar surface area (TPSA) is 58.5 Å². The number of halogens is 1. The zero-order valence-corrected chi connectivity index (χ0v) is 19.7. The second-order valence-corrected chi connectivity index (χ2v) is 8.32. The van der Waals surface area contributed by atoms with Crippen LogP contribution in [0.5, 0.6) is 0 Å². The van der Waals surface area contributed by atoms with E-state index in [-0.39, 0.29) is 29.4 Å². The van der Waals surface area contributed by atoms with Crippen LogP contribution in [0.25, 0.3) is 0 Å². The Hall–Kier alpha value is -0.410. The molecular weight excluding hydrogens is 447 g/mol. The maximum Gasteiger partial charge on any atom is 0.190 e. The fraction of sp³-hybridized carbons (Fsp3) is 0.778. The van der Waals surface area contributed by atoms with E-state index in [9.17, 15) is 0 Å². The zero-order chi connectivity index (χ0) is 18.0. The monoisotopic (exact) mass is 482 g/mol. The third kappa shape index (κ3) is 11.0. The summed E-state index contributed by atoms with van der Waals surface area (Å²) in [5, 5.41) is 9.99. The first-order valence-corrected chi connectivity index (χ1v) is 9.68. The SMILES string of the molecule is CN=C(NCCCOCC(C)C)NCCc1nc(C(C)(C)C)cs1.I. The molecule has 0 saturated carbocycles. The van der Waals surface area contributed by atoms with Gasteiger partial charge in [-0.25, -0.2) is 4.98 Å². The number of aliphatic imine (C=N–C) groups is 1. The molecule has 0 spiro atoms. The lowest BCUT2D eigenvalue weighted by atomic mass is 9.93. The predicted octanol–water partition coefficient (Wildman–Crippen LogP) is 3.83. The number of aromatic nitrogens is 1. The van der Waals surface area contributed by atoms with Crippen molar-refractivity contribution in [1.29, 1.82) is 0 Å². The van der Waals surface area contributed by atoms with Crippen molar-refractivity contribution in [3.05, 3.63) is 16.1 Å². The van der Waals surface area contributed by atoms with Crippen molar-refractivity contribution in [1.82, 2.24) is 15.6 Å². The average Bonchev–Trinajstić information content (AvgIpc) is 2.97. The second-order valence-electron chi connectivity index (χ2n) is 7.37. The normalized spacial score (nSPS) is 12.2. The van der Waals surface area contributed by atoms with E-state index in [4.69, 9.17) is 9.72 Å². The molecule has 0 atom stereocenters. The summed E-state index contributed by atoms with van der Waals surface area (Å²) in [5.41, 5.74) is 1.30. The van der Waals surface area contributed by atoms with Crippen LogP contribution < -0.4 is 10.6 Å². The molecule has 0 saturated heterocycles. The largest absolute Gasteiger partial charge is 0.381 e. The van der Waals surface area contributed by atoms with Gasteiger partial charge in [0.25, 0.3) is 0 Å². The lowest BCUT2D eigenvalue weighted by molar-refractivity contribution is 0.108. The van der Waals surface area contributed by atoms with Crippen molar-refractivity contribution in [2.75, 3.05) is 33.4 Å². The van der Waals surface area contributed by atoms with Crippen LogP contribution in [-0.2, 0) is 16.6 Å². The summed E-state index contributed by atoms with van der Waals surface area (Å²) in [6.45, 7) is 14.2. The van der Waals surface area contributed by atoms with E-state index in [1.165, 1.54) is 10.7 Å². The van der Waals surface area contributed by atoms with Crippen LogP contribution >= 0.6 is 35.3 Å². The predicted molar refractivity (Wildman–Crippen MR) is 120 cm³/mol. The van der Waals surface area contributed by atoms with Crippen LogP contribution in [0.3, 0.4) is 0 Å². The van der Waals surface area contributed by atoms with E-state index in [0.29, 0.717) is 5.92 Å². The molecular formula is C18H35IN4OS. The highest BCUT2D eigenvalue weighted by molar-refractivity contribution is 14.0. The summed E-state index contributed by atoms with van der Waals surface area (Å²) in [6, 6.07) is 0. The molecule has 7 heteroatoms. The summed E-state index contributed by atoms with van der Waals surface area (Å²) < 4.78 is 5.57. The van der Waals surface area contributed by atoms with Crippen LogP contribution in [-0.4, -0.2) is 44.3 Å². The summed E-state index contributed by atoms with van der Waals surface area (Å²) >= 11 is 1.74. The molecule has 146 valence electrons. The summed E-state index contributed by atoms with van der Waals surface area (Å²) in [7, 11) is 1.80. The molecule has 5 nitrogen and oxygen atoms in total. The van der Waals surface area contributed by atoms with E-state index in [1.54, 1.807) is 18.4 Å². The van der Waals surface area contributed by atoms with Gasteiger partial charge in [-0.05, 0) is 12.3 Å². The first-order chi connectivity index (χ1) is 11.3. The number of thiazole rings is 1. The molecule has 1 rings (SSSR count). The van der Waals surface area contributed by atoms with Gasteiger partial charge in [0.05, 0.1) is 10.7 Å². The quantitative estimate of drug-likeness (QED) is 0.243.